The topological polar surface area (TPSA) is 164 Å². The van der Waals surface area contributed by atoms with Crippen LogP contribution < -0.4 is 21.1 Å². The van der Waals surface area contributed by atoms with Gasteiger partial charge in [-0.2, -0.15) is 0 Å². The van der Waals surface area contributed by atoms with Gasteiger partial charge < -0.3 is 31.2 Å². The second-order valence-corrected chi connectivity index (χ2v) is 9.86. The summed E-state index contributed by atoms with van der Waals surface area (Å²) in [6, 6.07) is 4.07. The number of aromatic amines is 1. The maximum absolute atomic E-state index is 13.8. The molecule has 2 aliphatic rings. The van der Waals surface area contributed by atoms with Crippen molar-refractivity contribution >= 4 is 34.6 Å². The standard InChI is InChI=1S/C26H34N4O6/c1-36-19-9-5-8-17-21(19)20(22(29-17)23(27)31)16(12-14-6-3-2-4-7-14)25(33)30-18(26(34)35)13-15-10-11-28-24(15)32/h5,8-9,14-16,18,29H,2-4,6-7,10-13H2,1H3,(H2,27,31)(H,28,32)(H,30,33)(H,34,35)/t15-,16-,18-/m0/s1. The highest BCUT2D eigenvalue weighted by atomic mass is 16.5. The van der Waals surface area contributed by atoms with Gasteiger partial charge in [0.05, 0.1) is 18.5 Å². The van der Waals surface area contributed by atoms with Crippen molar-refractivity contribution in [3.63, 3.8) is 0 Å². The van der Waals surface area contributed by atoms with Crippen LogP contribution >= 0.6 is 0 Å². The summed E-state index contributed by atoms with van der Waals surface area (Å²) >= 11 is 0. The Morgan fingerprint density at radius 3 is 2.53 bits per heavy atom. The molecule has 2 fully saturated rings. The fraction of sp³-hybridized carbons (Fsp3) is 0.538. The Bertz CT molecular complexity index is 1150. The molecular formula is C26H34N4O6. The Kier molecular flexibility index (Phi) is 7.81. The van der Waals surface area contributed by atoms with Crippen molar-refractivity contribution in [2.45, 2.75) is 63.3 Å². The molecule has 2 aromatic rings. The SMILES string of the molecule is COc1cccc2[nH]c(C(N)=O)c([C@H](CC3CCCCC3)C(=O)N[C@@H](C[C@@H]3CCNC3=O)C(=O)O)c12. The molecule has 0 unspecified atom stereocenters. The summed E-state index contributed by atoms with van der Waals surface area (Å²) in [5.74, 6) is -3.16. The molecule has 2 heterocycles. The minimum Gasteiger partial charge on any atom is -0.496 e. The van der Waals surface area contributed by atoms with Gasteiger partial charge in [0.2, 0.25) is 11.8 Å². The zero-order valence-corrected chi connectivity index (χ0v) is 20.5. The molecule has 3 amide bonds. The molecule has 3 atom stereocenters. The number of H-pyrrole nitrogens is 1. The van der Waals surface area contributed by atoms with Gasteiger partial charge >= 0.3 is 5.97 Å². The van der Waals surface area contributed by atoms with Gasteiger partial charge in [-0.25, -0.2) is 4.79 Å². The summed E-state index contributed by atoms with van der Waals surface area (Å²) < 4.78 is 5.56. The molecule has 0 bridgehead atoms. The highest BCUT2D eigenvalue weighted by Crippen LogP contribution is 2.41. The van der Waals surface area contributed by atoms with E-state index in [1.165, 1.54) is 7.11 Å². The number of amides is 3. The lowest BCUT2D eigenvalue weighted by atomic mass is 9.79. The number of carboxylic acids is 1. The zero-order valence-electron chi connectivity index (χ0n) is 20.5. The number of carboxylic acid groups (broad SMARTS) is 1. The summed E-state index contributed by atoms with van der Waals surface area (Å²) in [5.41, 5.74) is 6.89. The zero-order chi connectivity index (χ0) is 25.8. The molecule has 1 aliphatic carbocycles. The molecular weight excluding hydrogens is 464 g/mol. The van der Waals surface area contributed by atoms with Crippen LogP contribution in [0.1, 0.15) is 73.3 Å². The van der Waals surface area contributed by atoms with Crippen LogP contribution in [0.15, 0.2) is 18.2 Å². The molecule has 10 nitrogen and oxygen atoms in total. The monoisotopic (exact) mass is 498 g/mol. The van der Waals surface area contributed by atoms with Gasteiger partial charge in [0.1, 0.15) is 17.5 Å². The summed E-state index contributed by atoms with van der Waals surface area (Å²) in [6.45, 7) is 0.491. The van der Waals surface area contributed by atoms with Gasteiger partial charge in [0.25, 0.3) is 5.91 Å². The number of hydrogen-bond donors (Lipinski definition) is 5. The highest BCUT2D eigenvalue weighted by Gasteiger charge is 2.36. The lowest BCUT2D eigenvalue weighted by Gasteiger charge is -2.28. The molecule has 1 aromatic heterocycles. The number of aromatic nitrogens is 1. The van der Waals surface area contributed by atoms with E-state index < -0.39 is 35.7 Å². The van der Waals surface area contributed by atoms with E-state index in [0.29, 0.717) is 41.6 Å². The van der Waals surface area contributed by atoms with Crippen molar-refractivity contribution in [3.05, 3.63) is 29.5 Å². The van der Waals surface area contributed by atoms with Gasteiger partial charge in [-0.15, -0.1) is 0 Å². The molecule has 6 N–H and O–H groups in total. The Morgan fingerprint density at radius 2 is 1.92 bits per heavy atom. The summed E-state index contributed by atoms with van der Waals surface area (Å²) in [6.07, 6.45) is 6.16. The van der Waals surface area contributed by atoms with E-state index in [4.69, 9.17) is 10.5 Å². The van der Waals surface area contributed by atoms with Crippen LogP contribution in [-0.4, -0.2) is 53.5 Å². The summed E-state index contributed by atoms with van der Waals surface area (Å²) in [4.78, 5) is 53.5. The molecule has 194 valence electrons. The predicted molar refractivity (Wildman–Crippen MR) is 133 cm³/mol. The number of carbonyl (C=O) groups is 4. The number of carbonyl (C=O) groups excluding carboxylic acids is 3. The lowest BCUT2D eigenvalue weighted by Crippen LogP contribution is -2.45. The average molecular weight is 499 g/mol. The van der Waals surface area contributed by atoms with Crippen molar-refractivity contribution in [3.8, 4) is 5.75 Å². The van der Waals surface area contributed by atoms with Crippen LogP contribution in [0.25, 0.3) is 10.9 Å². The number of fused-ring (bicyclic) bond motifs is 1. The van der Waals surface area contributed by atoms with Gasteiger partial charge in [0, 0.05) is 23.4 Å². The first kappa shape index (κ1) is 25.5. The van der Waals surface area contributed by atoms with Crippen molar-refractivity contribution in [1.29, 1.82) is 0 Å². The number of methoxy groups -OCH3 is 1. The van der Waals surface area contributed by atoms with E-state index in [1.54, 1.807) is 18.2 Å². The number of ether oxygens (including phenoxy) is 1. The third-order valence-corrected chi connectivity index (χ3v) is 7.55. The first-order valence-corrected chi connectivity index (χ1v) is 12.6. The van der Waals surface area contributed by atoms with Crippen molar-refractivity contribution in [1.82, 2.24) is 15.6 Å². The molecule has 4 rings (SSSR count). The molecule has 36 heavy (non-hydrogen) atoms. The fourth-order valence-electron chi connectivity index (χ4n) is 5.71. The molecule has 0 radical (unpaired) electrons. The summed E-state index contributed by atoms with van der Waals surface area (Å²) in [7, 11) is 1.51. The Hall–Kier alpha value is -3.56. The number of nitrogens with one attached hydrogen (secondary N) is 3. The van der Waals surface area contributed by atoms with E-state index in [9.17, 15) is 24.3 Å². The van der Waals surface area contributed by atoms with Crippen LogP contribution in [0.3, 0.4) is 0 Å². The van der Waals surface area contributed by atoms with Crippen molar-refractivity contribution < 1.29 is 29.0 Å². The average Bonchev–Trinajstić information content (AvgIpc) is 3.45. The number of hydrogen-bond acceptors (Lipinski definition) is 5. The second kappa shape index (κ2) is 11.0. The van der Waals surface area contributed by atoms with Crippen molar-refractivity contribution in [2.75, 3.05) is 13.7 Å². The molecule has 1 saturated heterocycles. The van der Waals surface area contributed by atoms with Gasteiger partial charge in [-0.05, 0) is 37.3 Å². The Labute approximate surface area is 209 Å². The van der Waals surface area contributed by atoms with E-state index in [-0.39, 0.29) is 23.9 Å². The van der Waals surface area contributed by atoms with Crippen LogP contribution in [0.2, 0.25) is 0 Å². The van der Waals surface area contributed by atoms with Crippen LogP contribution in [-0.2, 0) is 14.4 Å². The van der Waals surface area contributed by atoms with Crippen molar-refractivity contribution in [2.24, 2.45) is 17.6 Å². The summed E-state index contributed by atoms with van der Waals surface area (Å²) in [5, 5.41) is 15.8. The van der Waals surface area contributed by atoms with E-state index in [1.807, 2.05) is 0 Å². The molecule has 0 spiro atoms. The maximum atomic E-state index is 13.8. The highest BCUT2D eigenvalue weighted by molar-refractivity contribution is 6.05. The van der Waals surface area contributed by atoms with Gasteiger partial charge in [-0.1, -0.05) is 38.2 Å². The second-order valence-electron chi connectivity index (χ2n) is 9.86. The van der Waals surface area contributed by atoms with Gasteiger partial charge in [-0.3, -0.25) is 14.4 Å². The smallest absolute Gasteiger partial charge is 0.326 e. The van der Waals surface area contributed by atoms with Crippen LogP contribution in [0.5, 0.6) is 5.75 Å². The quantitative estimate of drug-likeness (QED) is 0.338. The predicted octanol–water partition coefficient (Wildman–Crippen LogP) is 2.43. The lowest BCUT2D eigenvalue weighted by molar-refractivity contribution is -0.142. The first-order valence-electron chi connectivity index (χ1n) is 12.6. The van der Waals surface area contributed by atoms with E-state index >= 15 is 0 Å². The first-order chi connectivity index (χ1) is 17.3. The van der Waals surface area contributed by atoms with Crippen LogP contribution in [0.4, 0.5) is 0 Å². The minimum atomic E-state index is -1.23. The molecule has 1 saturated carbocycles. The number of aliphatic carboxylic acids is 1. The molecule has 1 aromatic carbocycles. The number of rotatable bonds is 10. The number of benzene rings is 1. The maximum Gasteiger partial charge on any atom is 0.326 e. The third-order valence-electron chi connectivity index (χ3n) is 7.55. The number of nitrogens with two attached hydrogens (primary N) is 1. The van der Waals surface area contributed by atoms with E-state index in [2.05, 4.69) is 15.6 Å². The Balaban J connectivity index is 1.73. The molecule has 10 heteroatoms. The fourth-order valence-corrected chi connectivity index (χ4v) is 5.71. The third kappa shape index (κ3) is 5.32. The van der Waals surface area contributed by atoms with Crippen LogP contribution in [0, 0.1) is 11.8 Å². The number of primary amides is 1. The van der Waals surface area contributed by atoms with E-state index in [0.717, 1.165) is 32.1 Å². The van der Waals surface area contributed by atoms with Gasteiger partial charge in [0.15, 0.2) is 0 Å². The largest absolute Gasteiger partial charge is 0.496 e. The molecule has 1 aliphatic heterocycles. The Morgan fingerprint density at radius 1 is 1.17 bits per heavy atom. The normalized spacial score (nSPS) is 20.0. The minimum absolute atomic E-state index is 0.00291.